The Morgan fingerprint density at radius 1 is 1.39 bits per heavy atom. The number of rotatable bonds is 10. The van der Waals surface area contributed by atoms with Gasteiger partial charge in [0.15, 0.2) is 0 Å². The van der Waals surface area contributed by atoms with E-state index in [0.29, 0.717) is 30.0 Å². The van der Waals surface area contributed by atoms with Crippen molar-refractivity contribution in [3.05, 3.63) is 54.1 Å². The number of benzene rings is 1. The molecule has 4 rings (SSSR count). The molecule has 3 aliphatic heterocycles. The first kappa shape index (κ1) is 26.4. The van der Waals surface area contributed by atoms with Crippen molar-refractivity contribution in [1.29, 1.82) is 0 Å². The molecular weight excluding hydrogens is 484 g/mol. The summed E-state index contributed by atoms with van der Waals surface area (Å²) in [6.45, 7) is 11.0. The molecule has 1 spiro atoms. The molecule has 36 heavy (non-hydrogen) atoms. The summed E-state index contributed by atoms with van der Waals surface area (Å²) in [5.74, 6) is -2.98. The molecule has 3 fully saturated rings. The van der Waals surface area contributed by atoms with E-state index in [1.54, 1.807) is 18.2 Å². The molecule has 2 unspecified atom stereocenters. The Hall–Kier alpha value is -2.68. The summed E-state index contributed by atoms with van der Waals surface area (Å²) in [5.41, 5.74) is 0.121. The van der Waals surface area contributed by atoms with Crippen molar-refractivity contribution >= 4 is 35.1 Å². The van der Waals surface area contributed by atoms with Crippen LogP contribution in [-0.2, 0) is 23.9 Å². The van der Waals surface area contributed by atoms with Gasteiger partial charge in [0.2, 0.25) is 5.91 Å². The van der Waals surface area contributed by atoms with Gasteiger partial charge in [-0.25, -0.2) is 0 Å². The maximum Gasteiger partial charge on any atom is 0.312 e. The van der Waals surface area contributed by atoms with Gasteiger partial charge in [0, 0.05) is 6.54 Å². The maximum absolute atomic E-state index is 14.4. The van der Waals surface area contributed by atoms with Crippen molar-refractivity contribution in [2.24, 2.45) is 11.8 Å². The highest BCUT2D eigenvalue weighted by Crippen LogP contribution is 2.59. The Kier molecular flexibility index (Phi) is 7.59. The lowest BCUT2D eigenvalue weighted by molar-refractivity contribution is -0.154. The zero-order valence-corrected chi connectivity index (χ0v) is 21.4. The predicted molar refractivity (Wildman–Crippen MR) is 136 cm³/mol. The highest BCUT2D eigenvalue weighted by molar-refractivity contribution is 6.34. The van der Waals surface area contributed by atoms with Crippen molar-refractivity contribution in [3.63, 3.8) is 0 Å². The lowest BCUT2D eigenvalue weighted by atomic mass is 9.70. The fraction of sp³-hybridized carbons (Fsp3) is 0.519. The Morgan fingerprint density at radius 2 is 2.14 bits per heavy atom. The van der Waals surface area contributed by atoms with Gasteiger partial charge >= 0.3 is 5.97 Å². The first-order valence-corrected chi connectivity index (χ1v) is 12.7. The first-order valence-electron chi connectivity index (χ1n) is 12.3. The van der Waals surface area contributed by atoms with Gasteiger partial charge in [0.1, 0.15) is 18.2 Å². The fourth-order valence-electron chi connectivity index (χ4n) is 6.22. The second-order valence-electron chi connectivity index (χ2n) is 9.61. The van der Waals surface area contributed by atoms with E-state index in [-0.39, 0.29) is 31.6 Å². The van der Waals surface area contributed by atoms with Gasteiger partial charge in [-0.15, -0.1) is 6.58 Å². The number of aliphatic hydroxyl groups is 1. The summed E-state index contributed by atoms with van der Waals surface area (Å²) in [5, 5.41) is 10.6. The number of ether oxygens (including phenoxy) is 2. The van der Waals surface area contributed by atoms with Crippen molar-refractivity contribution in [2.45, 2.75) is 56.9 Å². The van der Waals surface area contributed by atoms with Crippen molar-refractivity contribution in [3.8, 4) is 0 Å². The fourth-order valence-corrected chi connectivity index (χ4v) is 6.54. The Balaban J connectivity index is 1.83. The molecule has 2 amide bonds. The van der Waals surface area contributed by atoms with E-state index in [1.165, 1.54) is 15.9 Å². The minimum absolute atomic E-state index is 0.0230. The van der Waals surface area contributed by atoms with Gasteiger partial charge in [-0.3, -0.25) is 14.4 Å². The number of nitrogens with zero attached hydrogens (tertiary/aromatic N) is 2. The summed E-state index contributed by atoms with van der Waals surface area (Å²) in [6.07, 6.45) is 3.95. The number of carbonyl (C=O) groups excluding carboxylic acids is 3. The van der Waals surface area contributed by atoms with Gasteiger partial charge in [-0.2, -0.15) is 0 Å². The second kappa shape index (κ2) is 10.4. The van der Waals surface area contributed by atoms with Crippen LogP contribution in [0.3, 0.4) is 0 Å². The van der Waals surface area contributed by atoms with Crippen LogP contribution in [0.1, 0.15) is 31.7 Å². The number of esters is 1. The van der Waals surface area contributed by atoms with Crippen LogP contribution in [0.25, 0.3) is 0 Å². The molecule has 1 N–H and O–H groups in total. The number of fused-ring (bicyclic) bond motifs is 1. The minimum Gasteiger partial charge on any atom is -0.461 e. The van der Waals surface area contributed by atoms with E-state index in [4.69, 9.17) is 21.1 Å². The highest BCUT2D eigenvalue weighted by atomic mass is 35.5. The quantitative estimate of drug-likeness (QED) is 0.379. The van der Waals surface area contributed by atoms with E-state index in [0.717, 1.165) is 5.56 Å². The Bertz CT molecular complexity index is 1050. The zero-order chi connectivity index (χ0) is 26.2. The lowest BCUT2D eigenvalue weighted by Crippen LogP contribution is -2.59. The van der Waals surface area contributed by atoms with Crippen LogP contribution in [0.5, 0.6) is 0 Å². The zero-order valence-electron chi connectivity index (χ0n) is 20.7. The smallest absolute Gasteiger partial charge is 0.312 e. The number of carbonyl (C=O) groups is 3. The molecule has 3 saturated heterocycles. The summed E-state index contributed by atoms with van der Waals surface area (Å²) >= 11 is 6.54. The molecule has 1 aromatic rings. The van der Waals surface area contributed by atoms with Crippen LogP contribution in [0.4, 0.5) is 5.69 Å². The topological polar surface area (TPSA) is 96.4 Å². The largest absolute Gasteiger partial charge is 0.461 e. The number of halogens is 1. The lowest BCUT2D eigenvalue weighted by Gasteiger charge is -2.39. The maximum atomic E-state index is 14.4. The number of amides is 2. The number of hydrogen-bond acceptors (Lipinski definition) is 6. The summed E-state index contributed by atoms with van der Waals surface area (Å²) < 4.78 is 11.7. The van der Waals surface area contributed by atoms with Crippen LogP contribution in [-0.4, -0.2) is 71.3 Å². The van der Waals surface area contributed by atoms with Gasteiger partial charge < -0.3 is 24.4 Å². The van der Waals surface area contributed by atoms with Crippen LogP contribution >= 0.6 is 11.6 Å². The normalized spacial score (nSPS) is 29.1. The number of anilines is 1. The molecule has 8 nitrogen and oxygen atoms in total. The summed E-state index contributed by atoms with van der Waals surface area (Å²) in [4.78, 5) is 44.4. The summed E-state index contributed by atoms with van der Waals surface area (Å²) in [6, 6.07) is 3.71. The monoisotopic (exact) mass is 516 g/mol. The Labute approximate surface area is 216 Å². The average Bonchev–Trinajstić information content (AvgIpc) is 3.50. The minimum atomic E-state index is -1.20. The van der Waals surface area contributed by atoms with Crippen molar-refractivity contribution in [1.82, 2.24) is 4.90 Å². The molecule has 194 valence electrons. The molecule has 3 aliphatic rings. The van der Waals surface area contributed by atoms with Gasteiger partial charge in [0.05, 0.1) is 41.3 Å². The van der Waals surface area contributed by atoms with Gasteiger partial charge in [-0.05, 0) is 37.8 Å². The second-order valence-corrected chi connectivity index (χ2v) is 10.0. The van der Waals surface area contributed by atoms with Crippen molar-refractivity contribution < 1.29 is 29.0 Å². The molecule has 0 saturated carbocycles. The van der Waals surface area contributed by atoms with E-state index in [1.807, 2.05) is 19.9 Å². The van der Waals surface area contributed by atoms with E-state index in [9.17, 15) is 19.5 Å². The number of aliphatic hydroxyl groups excluding tert-OH is 1. The molecule has 3 heterocycles. The molecule has 2 bridgehead atoms. The SMILES string of the molecule is C=CCOC(=O)[C@@H]1[C@H]2C(=O)N([C@@H](CC)CO)C(C(=O)N(CC=C)c3c(C)cccc3Cl)C23CC[C@H]1O3. The van der Waals surface area contributed by atoms with Gasteiger partial charge in [0.25, 0.3) is 5.91 Å². The third-order valence-corrected chi connectivity index (χ3v) is 8.00. The predicted octanol–water partition coefficient (Wildman–Crippen LogP) is 3.04. The van der Waals surface area contributed by atoms with Crippen LogP contribution in [0.2, 0.25) is 5.02 Å². The van der Waals surface area contributed by atoms with E-state index >= 15 is 0 Å². The van der Waals surface area contributed by atoms with Gasteiger partial charge in [-0.1, -0.05) is 49.4 Å². The van der Waals surface area contributed by atoms with Crippen LogP contribution in [0.15, 0.2) is 43.5 Å². The third-order valence-electron chi connectivity index (χ3n) is 7.70. The Morgan fingerprint density at radius 3 is 2.75 bits per heavy atom. The number of aryl methyl sites for hydroxylation is 1. The average molecular weight is 517 g/mol. The van der Waals surface area contributed by atoms with Crippen LogP contribution < -0.4 is 4.90 Å². The number of likely N-dealkylation sites (tertiary alicyclic amines) is 1. The van der Waals surface area contributed by atoms with E-state index in [2.05, 4.69) is 13.2 Å². The molecule has 9 heteroatoms. The van der Waals surface area contributed by atoms with Crippen molar-refractivity contribution in [2.75, 3.05) is 24.7 Å². The molecule has 6 atom stereocenters. The molecule has 0 aliphatic carbocycles. The van der Waals surface area contributed by atoms with Crippen LogP contribution in [0, 0.1) is 18.8 Å². The summed E-state index contributed by atoms with van der Waals surface area (Å²) in [7, 11) is 0. The standard InChI is InChI=1S/C27H33ClN2O6/c1-5-13-29(22-16(4)9-8-10-18(22)28)25(33)23-27-12-11-19(36-27)20(26(34)35-14-6-2)21(27)24(32)30(23)17(7-3)15-31/h5-6,8-10,17,19-21,23,31H,1-2,7,11-15H2,3-4H3/t17-,19+,20-,21-,23?,27?/m0/s1. The molecule has 1 aromatic carbocycles. The van der Waals surface area contributed by atoms with E-state index < -0.39 is 41.6 Å². The molecule has 0 radical (unpaired) electrons. The first-order chi connectivity index (χ1) is 17.3. The highest BCUT2D eigenvalue weighted by Gasteiger charge is 2.75. The molecular formula is C27H33ClN2O6. The third kappa shape index (κ3) is 3.96. The number of hydrogen-bond donors (Lipinski definition) is 1. The number of para-hydroxylation sites is 1. The molecule has 0 aromatic heterocycles.